The van der Waals surface area contributed by atoms with Gasteiger partial charge >= 0.3 is 5.97 Å². The molecule has 0 saturated heterocycles. The van der Waals surface area contributed by atoms with Crippen LogP contribution >= 0.6 is 0 Å². The molecule has 0 aliphatic heterocycles. The normalized spacial score (nSPS) is 19.1. The molecule has 0 spiro atoms. The van der Waals surface area contributed by atoms with Gasteiger partial charge in [-0.05, 0) is 55.7 Å². The predicted molar refractivity (Wildman–Crippen MR) is 77.8 cm³/mol. The SMILES string of the molecule is Cc1c(NC2CCC(C)(C)CC2)cccc1C(=O)O. The predicted octanol–water partition coefficient (Wildman–Crippen LogP) is 4.07. The van der Waals surface area contributed by atoms with Crippen molar-refractivity contribution >= 4 is 11.7 Å². The summed E-state index contributed by atoms with van der Waals surface area (Å²) in [6.45, 7) is 6.51. The molecule has 3 nitrogen and oxygen atoms in total. The highest BCUT2D eigenvalue weighted by molar-refractivity contribution is 5.91. The summed E-state index contributed by atoms with van der Waals surface area (Å²) >= 11 is 0. The largest absolute Gasteiger partial charge is 0.478 e. The minimum absolute atomic E-state index is 0.390. The van der Waals surface area contributed by atoms with Crippen molar-refractivity contribution in [2.45, 2.75) is 52.5 Å². The van der Waals surface area contributed by atoms with Crippen molar-refractivity contribution in [3.8, 4) is 0 Å². The molecule has 104 valence electrons. The van der Waals surface area contributed by atoms with Crippen LogP contribution in [0.5, 0.6) is 0 Å². The third-order valence-corrected chi connectivity index (χ3v) is 4.26. The van der Waals surface area contributed by atoms with Crippen LogP contribution in [0.2, 0.25) is 0 Å². The van der Waals surface area contributed by atoms with E-state index in [2.05, 4.69) is 19.2 Å². The Bertz CT molecular complexity index is 470. The minimum atomic E-state index is -0.856. The van der Waals surface area contributed by atoms with E-state index in [1.807, 2.05) is 19.1 Å². The summed E-state index contributed by atoms with van der Waals surface area (Å²) in [5, 5.41) is 12.7. The highest BCUT2D eigenvalue weighted by Crippen LogP contribution is 2.36. The van der Waals surface area contributed by atoms with Gasteiger partial charge in [-0.3, -0.25) is 0 Å². The Kier molecular flexibility index (Phi) is 3.83. The number of aromatic carboxylic acids is 1. The molecule has 1 aromatic rings. The number of hydrogen-bond donors (Lipinski definition) is 2. The highest BCUT2D eigenvalue weighted by Gasteiger charge is 2.27. The average molecular weight is 261 g/mol. The van der Waals surface area contributed by atoms with Crippen molar-refractivity contribution in [2.75, 3.05) is 5.32 Å². The summed E-state index contributed by atoms with van der Waals surface area (Å²) in [4.78, 5) is 11.1. The lowest BCUT2D eigenvalue weighted by Crippen LogP contribution is -2.30. The number of rotatable bonds is 3. The second-order valence-electron chi connectivity index (χ2n) is 6.37. The fraction of sp³-hybridized carbons (Fsp3) is 0.562. The summed E-state index contributed by atoms with van der Waals surface area (Å²) < 4.78 is 0. The van der Waals surface area contributed by atoms with Crippen molar-refractivity contribution < 1.29 is 9.90 Å². The lowest BCUT2D eigenvalue weighted by Gasteiger charge is -2.35. The van der Waals surface area contributed by atoms with Crippen molar-refractivity contribution in [2.24, 2.45) is 5.41 Å². The van der Waals surface area contributed by atoms with Crippen LogP contribution in [-0.2, 0) is 0 Å². The van der Waals surface area contributed by atoms with Crippen LogP contribution in [0.1, 0.15) is 55.5 Å². The van der Waals surface area contributed by atoms with E-state index >= 15 is 0 Å². The van der Waals surface area contributed by atoms with Gasteiger partial charge < -0.3 is 10.4 Å². The molecule has 1 aromatic carbocycles. The lowest BCUT2D eigenvalue weighted by atomic mass is 9.75. The zero-order valence-electron chi connectivity index (χ0n) is 12.0. The van der Waals surface area contributed by atoms with E-state index in [1.165, 1.54) is 12.8 Å². The Balaban J connectivity index is 2.08. The molecule has 2 N–H and O–H groups in total. The minimum Gasteiger partial charge on any atom is -0.478 e. The van der Waals surface area contributed by atoms with Gasteiger partial charge in [0.1, 0.15) is 0 Å². The number of hydrogen-bond acceptors (Lipinski definition) is 2. The van der Waals surface area contributed by atoms with E-state index < -0.39 is 5.97 Å². The van der Waals surface area contributed by atoms with Gasteiger partial charge in [0, 0.05) is 11.7 Å². The molecule has 1 aliphatic rings. The number of benzene rings is 1. The third kappa shape index (κ3) is 3.28. The van der Waals surface area contributed by atoms with Crippen molar-refractivity contribution in [1.29, 1.82) is 0 Å². The van der Waals surface area contributed by atoms with Crippen molar-refractivity contribution in [3.05, 3.63) is 29.3 Å². The number of anilines is 1. The third-order valence-electron chi connectivity index (χ3n) is 4.26. The Morgan fingerprint density at radius 1 is 1.32 bits per heavy atom. The quantitative estimate of drug-likeness (QED) is 0.862. The zero-order chi connectivity index (χ0) is 14.0. The maximum Gasteiger partial charge on any atom is 0.336 e. The van der Waals surface area contributed by atoms with Crippen molar-refractivity contribution in [1.82, 2.24) is 0 Å². The molecule has 1 saturated carbocycles. The Labute approximate surface area is 115 Å². The molecule has 2 rings (SSSR count). The monoisotopic (exact) mass is 261 g/mol. The van der Waals surface area contributed by atoms with E-state index in [9.17, 15) is 4.79 Å². The van der Waals surface area contributed by atoms with Gasteiger partial charge in [-0.2, -0.15) is 0 Å². The Morgan fingerprint density at radius 2 is 1.95 bits per heavy atom. The van der Waals surface area contributed by atoms with Gasteiger partial charge in [0.15, 0.2) is 0 Å². The summed E-state index contributed by atoms with van der Waals surface area (Å²) in [5.41, 5.74) is 2.64. The second-order valence-corrected chi connectivity index (χ2v) is 6.37. The molecule has 0 aromatic heterocycles. The molecule has 1 fully saturated rings. The first-order valence-electron chi connectivity index (χ1n) is 6.98. The molecule has 19 heavy (non-hydrogen) atoms. The van der Waals surface area contributed by atoms with Crippen LogP contribution in [0, 0.1) is 12.3 Å². The Morgan fingerprint density at radius 3 is 2.53 bits per heavy atom. The van der Waals surface area contributed by atoms with Crippen LogP contribution < -0.4 is 5.32 Å². The second kappa shape index (κ2) is 5.24. The first kappa shape index (κ1) is 13.9. The molecule has 0 bridgehead atoms. The topological polar surface area (TPSA) is 49.3 Å². The van der Waals surface area contributed by atoms with Crippen LogP contribution in [0.15, 0.2) is 18.2 Å². The first-order valence-corrected chi connectivity index (χ1v) is 6.98. The highest BCUT2D eigenvalue weighted by atomic mass is 16.4. The standard InChI is InChI=1S/C16H23NO2/c1-11-13(15(18)19)5-4-6-14(11)17-12-7-9-16(2,3)10-8-12/h4-6,12,17H,7-10H2,1-3H3,(H,18,19). The van der Waals surface area contributed by atoms with Gasteiger partial charge in [0.25, 0.3) is 0 Å². The summed E-state index contributed by atoms with van der Waals surface area (Å²) in [5.74, 6) is -0.856. The Hall–Kier alpha value is -1.51. The van der Waals surface area contributed by atoms with E-state index in [1.54, 1.807) is 6.07 Å². The number of carboxylic acids is 1. The van der Waals surface area contributed by atoms with E-state index in [0.717, 1.165) is 24.1 Å². The zero-order valence-corrected chi connectivity index (χ0v) is 12.0. The molecule has 0 unspecified atom stereocenters. The van der Waals surface area contributed by atoms with Gasteiger partial charge in [0.05, 0.1) is 5.56 Å². The number of nitrogens with one attached hydrogen (secondary N) is 1. The van der Waals surface area contributed by atoms with Crippen LogP contribution in [0.25, 0.3) is 0 Å². The van der Waals surface area contributed by atoms with Gasteiger partial charge in [0.2, 0.25) is 0 Å². The van der Waals surface area contributed by atoms with Gasteiger partial charge in [-0.15, -0.1) is 0 Å². The van der Waals surface area contributed by atoms with Crippen molar-refractivity contribution in [3.63, 3.8) is 0 Å². The number of carbonyl (C=O) groups is 1. The van der Waals surface area contributed by atoms with E-state index in [0.29, 0.717) is 17.0 Å². The van der Waals surface area contributed by atoms with Crippen LogP contribution in [0.3, 0.4) is 0 Å². The molecule has 0 radical (unpaired) electrons. The molecular weight excluding hydrogens is 238 g/mol. The van der Waals surface area contributed by atoms with E-state index in [4.69, 9.17) is 5.11 Å². The van der Waals surface area contributed by atoms with E-state index in [-0.39, 0.29) is 0 Å². The number of carboxylic acid groups (broad SMARTS) is 1. The molecule has 0 heterocycles. The summed E-state index contributed by atoms with van der Waals surface area (Å²) in [6, 6.07) is 5.91. The molecule has 1 aliphatic carbocycles. The van der Waals surface area contributed by atoms with Crippen LogP contribution in [-0.4, -0.2) is 17.1 Å². The smallest absolute Gasteiger partial charge is 0.336 e. The fourth-order valence-corrected chi connectivity index (χ4v) is 2.79. The summed E-state index contributed by atoms with van der Waals surface area (Å²) in [7, 11) is 0. The van der Waals surface area contributed by atoms with Gasteiger partial charge in [-0.25, -0.2) is 4.79 Å². The average Bonchev–Trinajstić information content (AvgIpc) is 2.34. The maximum absolute atomic E-state index is 11.1. The molecule has 3 heteroatoms. The maximum atomic E-state index is 11.1. The lowest BCUT2D eigenvalue weighted by molar-refractivity contribution is 0.0696. The first-order chi connectivity index (χ1) is 8.89. The molecular formula is C16H23NO2. The van der Waals surface area contributed by atoms with Crippen LogP contribution in [0.4, 0.5) is 5.69 Å². The summed E-state index contributed by atoms with van der Waals surface area (Å²) in [6.07, 6.45) is 4.76. The van der Waals surface area contributed by atoms with Gasteiger partial charge in [-0.1, -0.05) is 19.9 Å². The fourth-order valence-electron chi connectivity index (χ4n) is 2.79. The molecule has 0 atom stereocenters. The molecule has 0 amide bonds.